The average molecular weight is 333 g/mol. The zero-order chi connectivity index (χ0) is 16.6. The van der Waals surface area contributed by atoms with Crippen molar-refractivity contribution in [2.45, 2.75) is 26.3 Å². The van der Waals surface area contributed by atoms with Gasteiger partial charge >= 0.3 is 0 Å². The van der Waals surface area contributed by atoms with Crippen LogP contribution in [0.5, 0.6) is 0 Å². The number of amides is 1. The van der Waals surface area contributed by atoms with Gasteiger partial charge in [0.25, 0.3) is 5.91 Å². The van der Waals surface area contributed by atoms with Crippen LogP contribution in [0.15, 0.2) is 24.3 Å². The van der Waals surface area contributed by atoms with E-state index in [2.05, 4.69) is 46.5 Å². The van der Waals surface area contributed by atoms with Crippen molar-refractivity contribution in [2.24, 2.45) is 7.05 Å². The van der Waals surface area contributed by atoms with E-state index in [1.54, 1.807) is 14.0 Å². The number of benzene rings is 1. The molecule has 23 heavy (non-hydrogen) atoms. The third-order valence-corrected chi connectivity index (χ3v) is 4.83. The molecule has 6 heteroatoms. The van der Waals surface area contributed by atoms with Gasteiger partial charge in [0, 0.05) is 31.9 Å². The van der Waals surface area contributed by atoms with Gasteiger partial charge in [-0.3, -0.25) is 9.48 Å². The van der Waals surface area contributed by atoms with Gasteiger partial charge in [-0.25, -0.2) is 0 Å². The molecule has 122 valence electrons. The van der Waals surface area contributed by atoms with Crippen molar-refractivity contribution >= 4 is 23.2 Å². The molecular weight excluding hydrogens is 312 g/mol. The second kappa shape index (κ2) is 6.24. The number of aryl methyl sites for hydroxylation is 2. The molecule has 0 fully saturated rings. The summed E-state index contributed by atoms with van der Waals surface area (Å²) in [6.07, 6.45) is 1.06. The zero-order valence-corrected chi connectivity index (χ0v) is 14.4. The molecule has 0 radical (unpaired) electrons. The van der Waals surface area contributed by atoms with Crippen LogP contribution in [0.4, 0.5) is 5.69 Å². The molecule has 0 saturated heterocycles. The standard InChI is InChI=1S/C17H21ClN4O/c1-11(22-9-8-13-6-4-5-7-14(13)22)10-19-17(23)15-12(2)20-21(3)16(15)18/h4-7,11H,8-10H2,1-3H3,(H,19,23). The number of hydrogen-bond acceptors (Lipinski definition) is 3. The summed E-state index contributed by atoms with van der Waals surface area (Å²) in [4.78, 5) is 14.7. The number of hydrogen-bond donors (Lipinski definition) is 1. The van der Waals surface area contributed by atoms with Gasteiger partial charge in [0.2, 0.25) is 0 Å². The first-order valence-corrected chi connectivity index (χ1v) is 8.18. The lowest BCUT2D eigenvalue weighted by Crippen LogP contribution is -2.41. The highest BCUT2D eigenvalue weighted by atomic mass is 35.5. The van der Waals surface area contributed by atoms with E-state index in [1.165, 1.54) is 15.9 Å². The number of fused-ring (bicyclic) bond motifs is 1. The molecule has 1 aromatic carbocycles. The molecule has 1 aliphatic rings. The Kier molecular flexibility index (Phi) is 4.31. The second-order valence-corrected chi connectivity index (χ2v) is 6.36. The molecule has 0 spiro atoms. The van der Waals surface area contributed by atoms with E-state index in [4.69, 9.17) is 11.6 Å². The van der Waals surface area contributed by atoms with Crippen molar-refractivity contribution in [2.75, 3.05) is 18.0 Å². The van der Waals surface area contributed by atoms with E-state index in [9.17, 15) is 4.79 Å². The first-order chi connectivity index (χ1) is 11.0. The van der Waals surface area contributed by atoms with Gasteiger partial charge in [0.15, 0.2) is 0 Å². The number of nitrogens with one attached hydrogen (secondary N) is 1. The van der Waals surface area contributed by atoms with Crippen molar-refractivity contribution in [3.8, 4) is 0 Å². The van der Waals surface area contributed by atoms with Gasteiger partial charge in [-0.15, -0.1) is 0 Å². The summed E-state index contributed by atoms with van der Waals surface area (Å²) in [5.74, 6) is -0.167. The predicted octanol–water partition coefficient (Wildman–Crippen LogP) is 2.56. The van der Waals surface area contributed by atoms with Crippen molar-refractivity contribution in [1.29, 1.82) is 0 Å². The SMILES string of the molecule is Cc1nn(C)c(Cl)c1C(=O)NCC(C)N1CCc2ccccc21. The van der Waals surface area contributed by atoms with Crippen LogP contribution in [0.2, 0.25) is 5.15 Å². The van der Waals surface area contributed by atoms with E-state index < -0.39 is 0 Å². The smallest absolute Gasteiger partial charge is 0.256 e. The molecule has 2 aromatic rings. The molecule has 1 aliphatic heterocycles. The Hall–Kier alpha value is -2.01. The van der Waals surface area contributed by atoms with Crippen LogP contribution in [0.3, 0.4) is 0 Å². The first-order valence-electron chi connectivity index (χ1n) is 7.81. The molecule has 0 saturated carbocycles. The quantitative estimate of drug-likeness (QED) is 0.936. The van der Waals surface area contributed by atoms with Crippen molar-refractivity contribution in [3.05, 3.63) is 46.2 Å². The topological polar surface area (TPSA) is 50.2 Å². The normalized spacial score (nSPS) is 14.7. The molecule has 2 heterocycles. The van der Waals surface area contributed by atoms with Crippen LogP contribution in [-0.2, 0) is 13.5 Å². The van der Waals surface area contributed by atoms with Crippen LogP contribution in [-0.4, -0.2) is 34.8 Å². The van der Waals surface area contributed by atoms with Gasteiger partial charge in [-0.05, 0) is 31.9 Å². The van der Waals surface area contributed by atoms with Crippen molar-refractivity contribution < 1.29 is 4.79 Å². The number of carbonyl (C=O) groups is 1. The Labute approximate surface area is 141 Å². The van der Waals surface area contributed by atoms with E-state index in [1.807, 2.05) is 0 Å². The molecule has 1 aromatic heterocycles. The third-order valence-electron chi connectivity index (χ3n) is 4.39. The Morgan fingerprint density at radius 1 is 1.43 bits per heavy atom. The van der Waals surface area contributed by atoms with Crippen LogP contribution < -0.4 is 10.2 Å². The molecular formula is C17H21ClN4O. The maximum atomic E-state index is 12.4. The van der Waals surface area contributed by atoms with Crippen LogP contribution >= 0.6 is 11.6 Å². The van der Waals surface area contributed by atoms with Gasteiger partial charge in [-0.1, -0.05) is 29.8 Å². The van der Waals surface area contributed by atoms with Crippen LogP contribution in [0.25, 0.3) is 0 Å². The number of anilines is 1. The van der Waals surface area contributed by atoms with Crippen LogP contribution in [0, 0.1) is 6.92 Å². The zero-order valence-electron chi connectivity index (χ0n) is 13.6. The average Bonchev–Trinajstić information content (AvgIpc) is 3.06. The van der Waals surface area contributed by atoms with Gasteiger partial charge in [-0.2, -0.15) is 5.10 Å². The lowest BCUT2D eigenvalue weighted by atomic mass is 10.1. The maximum absolute atomic E-state index is 12.4. The number of nitrogens with zero attached hydrogens (tertiary/aromatic N) is 3. The summed E-state index contributed by atoms with van der Waals surface area (Å²) in [6.45, 7) is 5.47. The van der Waals surface area contributed by atoms with E-state index >= 15 is 0 Å². The second-order valence-electron chi connectivity index (χ2n) is 6.01. The molecule has 3 rings (SSSR count). The minimum Gasteiger partial charge on any atom is -0.366 e. The molecule has 5 nitrogen and oxygen atoms in total. The van der Waals surface area contributed by atoms with Crippen molar-refractivity contribution in [1.82, 2.24) is 15.1 Å². The summed E-state index contributed by atoms with van der Waals surface area (Å²) in [6, 6.07) is 8.66. The summed E-state index contributed by atoms with van der Waals surface area (Å²) in [7, 11) is 1.73. The summed E-state index contributed by atoms with van der Waals surface area (Å²) < 4.78 is 1.52. The molecule has 0 bridgehead atoms. The van der Waals surface area contributed by atoms with Crippen molar-refractivity contribution in [3.63, 3.8) is 0 Å². The number of para-hydroxylation sites is 1. The summed E-state index contributed by atoms with van der Waals surface area (Å²) in [5.41, 5.74) is 3.75. The molecule has 1 unspecified atom stereocenters. The summed E-state index contributed by atoms with van der Waals surface area (Å²) >= 11 is 6.15. The van der Waals surface area contributed by atoms with E-state index in [-0.39, 0.29) is 11.9 Å². The Morgan fingerprint density at radius 2 is 2.17 bits per heavy atom. The van der Waals surface area contributed by atoms with Gasteiger partial charge < -0.3 is 10.2 Å². The Bertz CT molecular complexity index is 740. The summed E-state index contributed by atoms with van der Waals surface area (Å²) in [5, 5.41) is 7.54. The van der Waals surface area contributed by atoms with Crippen LogP contribution in [0.1, 0.15) is 28.5 Å². The number of rotatable bonds is 4. The fourth-order valence-electron chi connectivity index (χ4n) is 3.15. The lowest BCUT2D eigenvalue weighted by Gasteiger charge is -2.27. The van der Waals surface area contributed by atoms with Gasteiger partial charge in [0.05, 0.1) is 11.3 Å². The number of aromatic nitrogens is 2. The third kappa shape index (κ3) is 2.93. The Balaban J connectivity index is 1.66. The Morgan fingerprint density at radius 3 is 2.87 bits per heavy atom. The molecule has 0 aliphatic carbocycles. The minimum atomic E-state index is -0.167. The predicted molar refractivity (Wildman–Crippen MR) is 92.2 cm³/mol. The maximum Gasteiger partial charge on any atom is 0.256 e. The van der Waals surface area contributed by atoms with E-state index in [0.717, 1.165) is 13.0 Å². The van der Waals surface area contributed by atoms with E-state index in [0.29, 0.717) is 23.0 Å². The minimum absolute atomic E-state index is 0.167. The first kappa shape index (κ1) is 15.9. The largest absolute Gasteiger partial charge is 0.366 e. The monoisotopic (exact) mass is 332 g/mol. The molecule has 1 amide bonds. The highest BCUT2D eigenvalue weighted by Crippen LogP contribution is 2.29. The highest BCUT2D eigenvalue weighted by Gasteiger charge is 2.24. The lowest BCUT2D eigenvalue weighted by molar-refractivity contribution is 0.0951. The highest BCUT2D eigenvalue weighted by molar-refractivity contribution is 6.33. The van der Waals surface area contributed by atoms with Gasteiger partial charge in [0.1, 0.15) is 5.15 Å². The fraction of sp³-hybridized carbons (Fsp3) is 0.412. The fourth-order valence-corrected chi connectivity index (χ4v) is 3.41. The molecule has 1 atom stereocenters. The number of halogens is 1. The number of carbonyl (C=O) groups excluding carboxylic acids is 1. The molecule has 1 N–H and O–H groups in total.